The predicted molar refractivity (Wildman–Crippen MR) is 110 cm³/mol. The van der Waals surface area contributed by atoms with E-state index in [2.05, 4.69) is 25.1 Å². The third kappa shape index (κ3) is 3.66. The van der Waals surface area contributed by atoms with E-state index in [1.807, 2.05) is 0 Å². The molecule has 0 unspecified atom stereocenters. The number of rotatable bonds is 3. The smallest absolute Gasteiger partial charge is 0.388 e. The number of nitrogens with one attached hydrogen (secondary N) is 1. The summed E-state index contributed by atoms with van der Waals surface area (Å²) in [6.45, 7) is 2.03. The third-order valence-electron chi connectivity index (χ3n) is 5.59. The molecule has 4 aromatic rings. The molecule has 0 bridgehead atoms. The van der Waals surface area contributed by atoms with Gasteiger partial charge in [-0.25, -0.2) is 9.97 Å². The van der Waals surface area contributed by atoms with Crippen LogP contribution in [0.2, 0.25) is 0 Å². The van der Waals surface area contributed by atoms with Crippen molar-refractivity contribution in [1.29, 1.82) is 0 Å². The van der Waals surface area contributed by atoms with E-state index >= 15 is 0 Å². The predicted octanol–water partition coefficient (Wildman–Crippen LogP) is 2.50. The number of aliphatic hydroxyl groups is 1. The number of aromatic amines is 1. The lowest BCUT2D eigenvalue weighted by atomic mass is 10.1. The summed E-state index contributed by atoms with van der Waals surface area (Å²) in [5, 5.41) is 17.1. The minimum absolute atomic E-state index is 0.103. The summed E-state index contributed by atoms with van der Waals surface area (Å²) in [5.41, 5.74) is 0.921. The molecule has 5 heterocycles. The van der Waals surface area contributed by atoms with Crippen molar-refractivity contribution in [2.45, 2.75) is 25.2 Å². The first-order valence-electron chi connectivity index (χ1n) is 9.95. The standard InChI is InChI=1S/C21H17F3N6O3/c1-10-13(6-27-29-10)19-18-12(20(32)30(9-26-18)16-7-33-8-17(16)31)4-15(28-19)14-3-2-11(5-25-14)21(22,23)24/h2-6,9,16-17,31H,7-8H2,1H3,(H,27,29)/t16-,17+/m0/s1. The van der Waals surface area contributed by atoms with Crippen LogP contribution in [0.1, 0.15) is 17.3 Å². The zero-order chi connectivity index (χ0) is 23.3. The number of H-pyrrole nitrogens is 1. The van der Waals surface area contributed by atoms with Crippen LogP contribution < -0.4 is 5.56 Å². The molecule has 170 valence electrons. The molecule has 12 heteroatoms. The molecule has 0 radical (unpaired) electrons. The fraction of sp³-hybridized carbons (Fsp3) is 0.286. The van der Waals surface area contributed by atoms with Crippen LogP contribution in [0.3, 0.4) is 0 Å². The van der Waals surface area contributed by atoms with Gasteiger partial charge in [-0.2, -0.15) is 18.3 Å². The van der Waals surface area contributed by atoms with Gasteiger partial charge in [0.15, 0.2) is 0 Å². The van der Waals surface area contributed by atoms with E-state index in [0.717, 1.165) is 12.3 Å². The van der Waals surface area contributed by atoms with Crippen LogP contribution in [0, 0.1) is 6.92 Å². The average molecular weight is 458 g/mol. The second kappa shape index (κ2) is 7.74. The van der Waals surface area contributed by atoms with Crippen molar-refractivity contribution >= 4 is 10.9 Å². The number of hydrogen-bond donors (Lipinski definition) is 2. The number of aryl methyl sites for hydroxylation is 1. The molecule has 2 N–H and O–H groups in total. The second-order valence-electron chi connectivity index (χ2n) is 7.72. The fourth-order valence-corrected chi connectivity index (χ4v) is 3.80. The van der Waals surface area contributed by atoms with Crippen molar-refractivity contribution < 1.29 is 23.0 Å². The van der Waals surface area contributed by atoms with Gasteiger partial charge in [-0.15, -0.1) is 0 Å². The van der Waals surface area contributed by atoms with Crippen LogP contribution in [-0.2, 0) is 10.9 Å². The maximum absolute atomic E-state index is 13.4. The molecule has 5 rings (SSSR count). The molecule has 2 atom stereocenters. The first kappa shape index (κ1) is 21.2. The van der Waals surface area contributed by atoms with Gasteiger partial charge in [0.25, 0.3) is 5.56 Å². The number of fused-ring (bicyclic) bond motifs is 1. The minimum atomic E-state index is -4.52. The normalized spacial score (nSPS) is 18.8. The molecule has 9 nitrogen and oxygen atoms in total. The zero-order valence-electron chi connectivity index (χ0n) is 17.2. The Kier molecular flexibility index (Phi) is 4.98. The van der Waals surface area contributed by atoms with E-state index < -0.39 is 29.4 Å². The second-order valence-corrected chi connectivity index (χ2v) is 7.72. The van der Waals surface area contributed by atoms with E-state index in [9.17, 15) is 23.1 Å². The van der Waals surface area contributed by atoms with Crippen LogP contribution >= 0.6 is 0 Å². The van der Waals surface area contributed by atoms with E-state index in [0.29, 0.717) is 22.5 Å². The van der Waals surface area contributed by atoms with Crippen LogP contribution in [0.5, 0.6) is 0 Å². The highest BCUT2D eigenvalue weighted by Gasteiger charge is 2.31. The highest BCUT2D eigenvalue weighted by molar-refractivity contribution is 5.93. The summed E-state index contributed by atoms with van der Waals surface area (Å²) >= 11 is 0. The van der Waals surface area contributed by atoms with Gasteiger partial charge in [-0.1, -0.05) is 0 Å². The number of aromatic nitrogens is 6. The van der Waals surface area contributed by atoms with Gasteiger partial charge in [0, 0.05) is 17.5 Å². The average Bonchev–Trinajstić information content (AvgIpc) is 3.41. The molecule has 0 aromatic carbocycles. The van der Waals surface area contributed by atoms with Crippen molar-refractivity contribution in [2.24, 2.45) is 0 Å². The summed E-state index contributed by atoms with van der Waals surface area (Å²) < 4.78 is 45.4. The van der Waals surface area contributed by atoms with Crippen LogP contribution in [0.4, 0.5) is 13.2 Å². The van der Waals surface area contributed by atoms with Crippen molar-refractivity contribution in [2.75, 3.05) is 13.2 Å². The maximum Gasteiger partial charge on any atom is 0.417 e. The molecule has 0 spiro atoms. The fourth-order valence-electron chi connectivity index (χ4n) is 3.80. The third-order valence-corrected chi connectivity index (χ3v) is 5.59. The highest BCUT2D eigenvalue weighted by atomic mass is 19.4. The Labute approximate surface area is 183 Å². The van der Waals surface area contributed by atoms with Crippen LogP contribution in [-0.4, -0.2) is 54.1 Å². The van der Waals surface area contributed by atoms with Crippen LogP contribution in [0.25, 0.3) is 33.5 Å². The van der Waals surface area contributed by atoms with E-state index in [1.165, 1.54) is 29.2 Å². The topological polar surface area (TPSA) is 119 Å². The SMILES string of the molecule is Cc1[nH]ncc1-c1nc(-c2ccc(C(F)(F)F)cn2)cc2c(=O)n([C@H]3COC[C@H]3O)cnc12. The summed E-state index contributed by atoms with van der Waals surface area (Å²) in [6.07, 6.45) is -1.80. The molecular formula is C21H17F3N6O3. The van der Waals surface area contributed by atoms with E-state index in [4.69, 9.17) is 4.74 Å². The van der Waals surface area contributed by atoms with Gasteiger partial charge < -0.3 is 9.84 Å². The molecular weight excluding hydrogens is 441 g/mol. The minimum Gasteiger partial charge on any atom is -0.388 e. The number of hydrogen-bond acceptors (Lipinski definition) is 7. The van der Waals surface area contributed by atoms with Gasteiger partial charge in [0.2, 0.25) is 0 Å². The Morgan fingerprint density at radius 3 is 2.61 bits per heavy atom. The molecule has 0 amide bonds. The molecule has 33 heavy (non-hydrogen) atoms. The summed E-state index contributed by atoms with van der Waals surface area (Å²) in [6, 6.07) is 2.95. The summed E-state index contributed by atoms with van der Waals surface area (Å²) in [4.78, 5) is 26.3. The molecule has 1 saturated heterocycles. The zero-order valence-corrected chi connectivity index (χ0v) is 17.2. The molecule has 0 aliphatic carbocycles. The van der Waals surface area contributed by atoms with Crippen molar-refractivity contribution in [3.8, 4) is 22.6 Å². The number of ether oxygens (including phenoxy) is 1. The number of pyridine rings is 2. The van der Waals surface area contributed by atoms with E-state index in [-0.39, 0.29) is 30.0 Å². The Hall–Kier alpha value is -3.64. The highest BCUT2D eigenvalue weighted by Crippen LogP contribution is 2.32. The number of alkyl halides is 3. The molecule has 0 saturated carbocycles. The quantitative estimate of drug-likeness (QED) is 0.484. The largest absolute Gasteiger partial charge is 0.417 e. The van der Waals surface area contributed by atoms with Gasteiger partial charge >= 0.3 is 6.18 Å². The summed E-state index contributed by atoms with van der Waals surface area (Å²) in [7, 11) is 0. The lowest BCUT2D eigenvalue weighted by Crippen LogP contribution is -2.32. The Bertz CT molecular complexity index is 1400. The maximum atomic E-state index is 13.4. The lowest BCUT2D eigenvalue weighted by Gasteiger charge is -2.17. The number of halogens is 3. The molecule has 1 fully saturated rings. The van der Waals surface area contributed by atoms with Crippen molar-refractivity contribution in [1.82, 2.24) is 29.7 Å². The molecule has 1 aliphatic heterocycles. The molecule has 1 aliphatic rings. The van der Waals surface area contributed by atoms with Crippen molar-refractivity contribution in [3.63, 3.8) is 0 Å². The van der Waals surface area contributed by atoms with Crippen LogP contribution in [0.15, 0.2) is 41.7 Å². The van der Waals surface area contributed by atoms with Gasteiger partial charge in [0.1, 0.15) is 17.3 Å². The van der Waals surface area contributed by atoms with E-state index in [1.54, 1.807) is 6.92 Å². The Balaban J connectivity index is 1.74. The first-order chi connectivity index (χ1) is 15.7. The number of aliphatic hydroxyl groups excluding tert-OH is 1. The number of nitrogens with zero attached hydrogens (tertiary/aromatic N) is 5. The van der Waals surface area contributed by atoms with Gasteiger partial charge in [-0.3, -0.25) is 19.4 Å². The van der Waals surface area contributed by atoms with Crippen molar-refractivity contribution in [3.05, 3.63) is 58.5 Å². The lowest BCUT2D eigenvalue weighted by molar-refractivity contribution is -0.137. The Morgan fingerprint density at radius 2 is 2.00 bits per heavy atom. The van der Waals surface area contributed by atoms with Gasteiger partial charge in [0.05, 0.1) is 54.1 Å². The first-order valence-corrected chi connectivity index (χ1v) is 9.95. The molecule has 4 aromatic heterocycles. The van der Waals surface area contributed by atoms with Gasteiger partial charge in [-0.05, 0) is 25.1 Å². The Morgan fingerprint density at radius 1 is 1.18 bits per heavy atom. The monoisotopic (exact) mass is 458 g/mol. The summed E-state index contributed by atoms with van der Waals surface area (Å²) in [5.74, 6) is 0.